The standard InChI is InChI=1S/C30H47NO9/c1-7-9-11-13-26(32)39-24-16-15-22(18-25(24)40-27(33)14-12-10-8-2)23(28(31)29(34)35)17-20(5)37-30(36)38-21(6)19(3)4/h15-16,18-21,23,28H,7-14,17,31H2,1-6H3,(H,34,35)/t20?,21?,23?,28-/m0/s1. The van der Waals surface area contributed by atoms with Crippen LogP contribution in [0.4, 0.5) is 4.79 Å². The Hall–Kier alpha value is -3.14. The number of hydrogen-bond donors (Lipinski definition) is 2. The van der Waals surface area contributed by atoms with E-state index in [2.05, 4.69) is 0 Å². The van der Waals surface area contributed by atoms with E-state index in [0.29, 0.717) is 18.4 Å². The van der Waals surface area contributed by atoms with Gasteiger partial charge in [-0.05, 0) is 56.7 Å². The summed E-state index contributed by atoms with van der Waals surface area (Å²) in [6.07, 6.45) is 3.44. The Labute approximate surface area is 237 Å². The van der Waals surface area contributed by atoms with Crippen molar-refractivity contribution in [3.63, 3.8) is 0 Å². The number of esters is 2. The van der Waals surface area contributed by atoms with E-state index in [4.69, 9.17) is 24.7 Å². The molecule has 1 aromatic carbocycles. The van der Waals surface area contributed by atoms with Crippen molar-refractivity contribution in [3.8, 4) is 11.5 Å². The van der Waals surface area contributed by atoms with Crippen LogP contribution in [0.1, 0.15) is 111 Å². The number of aliphatic carboxylic acids is 1. The molecule has 10 heteroatoms. The van der Waals surface area contributed by atoms with Crippen LogP contribution in [0.2, 0.25) is 0 Å². The molecular weight excluding hydrogens is 518 g/mol. The lowest BCUT2D eigenvalue weighted by atomic mass is 9.87. The van der Waals surface area contributed by atoms with Crippen LogP contribution in [0, 0.1) is 5.92 Å². The van der Waals surface area contributed by atoms with Gasteiger partial charge >= 0.3 is 24.1 Å². The van der Waals surface area contributed by atoms with Gasteiger partial charge in [-0.1, -0.05) is 59.4 Å². The van der Waals surface area contributed by atoms with Gasteiger partial charge in [-0.3, -0.25) is 14.4 Å². The number of carbonyl (C=O) groups is 4. The second-order valence-electron chi connectivity index (χ2n) is 10.5. The van der Waals surface area contributed by atoms with Gasteiger partial charge in [0.1, 0.15) is 18.2 Å². The molecule has 1 rings (SSSR count). The number of carboxylic acid groups (broad SMARTS) is 1. The number of hydrogen-bond acceptors (Lipinski definition) is 9. The maximum atomic E-state index is 12.5. The third-order valence-electron chi connectivity index (χ3n) is 6.64. The lowest BCUT2D eigenvalue weighted by Gasteiger charge is -2.26. The zero-order valence-corrected chi connectivity index (χ0v) is 24.8. The molecule has 10 nitrogen and oxygen atoms in total. The summed E-state index contributed by atoms with van der Waals surface area (Å²) in [7, 11) is 0. The second kappa shape index (κ2) is 18.3. The highest BCUT2D eigenvalue weighted by molar-refractivity contribution is 5.77. The van der Waals surface area contributed by atoms with E-state index in [0.717, 1.165) is 25.7 Å². The van der Waals surface area contributed by atoms with E-state index in [9.17, 15) is 24.3 Å². The Kier molecular flexibility index (Phi) is 15.9. The van der Waals surface area contributed by atoms with Crippen molar-refractivity contribution < 1.29 is 43.2 Å². The highest BCUT2D eigenvalue weighted by atomic mass is 16.7. The Morgan fingerprint density at radius 3 is 1.88 bits per heavy atom. The number of rotatable bonds is 18. The molecule has 0 spiro atoms. The highest BCUT2D eigenvalue weighted by Crippen LogP contribution is 2.35. The molecule has 0 bridgehead atoms. The van der Waals surface area contributed by atoms with Crippen LogP contribution >= 0.6 is 0 Å². The summed E-state index contributed by atoms with van der Waals surface area (Å²) < 4.78 is 21.7. The number of ether oxygens (including phenoxy) is 4. The summed E-state index contributed by atoms with van der Waals surface area (Å²) in [5, 5.41) is 9.69. The van der Waals surface area contributed by atoms with Crippen molar-refractivity contribution in [2.45, 2.75) is 123 Å². The molecule has 3 N–H and O–H groups in total. The summed E-state index contributed by atoms with van der Waals surface area (Å²) in [4.78, 5) is 49.0. The molecule has 0 heterocycles. The van der Waals surface area contributed by atoms with E-state index in [-0.39, 0.29) is 42.8 Å². The number of carbonyl (C=O) groups excluding carboxylic acids is 3. The van der Waals surface area contributed by atoms with Crippen LogP contribution in [-0.2, 0) is 23.9 Å². The van der Waals surface area contributed by atoms with E-state index in [1.54, 1.807) is 19.9 Å². The maximum absolute atomic E-state index is 12.5. The molecule has 1 aromatic rings. The smallest absolute Gasteiger partial charge is 0.480 e. The fourth-order valence-electron chi connectivity index (χ4n) is 3.85. The molecule has 0 saturated carbocycles. The van der Waals surface area contributed by atoms with Crippen LogP contribution in [0.25, 0.3) is 0 Å². The fraction of sp³-hybridized carbons (Fsp3) is 0.667. The van der Waals surface area contributed by atoms with Gasteiger partial charge in [0.2, 0.25) is 0 Å². The summed E-state index contributed by atoms with van der Waals surface area (Å²) in [5.41, 5.74) is 6.47. The molecule has 40 heavy (non-hydrogen) atoms. The first kappa shape index (κ1) is 34.9. The van der Waals surface area contributed by atoms with Crippen molar-refractivity contribution in [2.24, 2.45) is 11.7 Å². The van der Waals surface area contributed by atoms with Crippen molar-refractivity contribution in [1.82, 2.24) is 0 Å². The monoisotopic (exact) mass is 565 g/mol. The molecular formula is C30H47NO9. The van der Waals surface area contributed by atoms with Crippen molar-refractivity contribution in [1.29, 1.82) is 0 Å². The van der Waals surface area contributed by atoms with Crippen LogP contribution < -0.4 is 15.2 Å². The number of carboxylic acids is 1. The molecule has 0 aliphatic carbocycles. The highest BCUT2D eigenvalue weighted by Gasteiger charge is 2.30. The predicted octanol–water partition coefficient (Wildman–Crippen LogP) is 6.13. The van der Waals surface area contributed by atoms with E-state index < -0.39 is 42.1 Å². The SMILES string of the molecule is CCCCCC(=O)Oc1ccc(C(CC(C)OC(=O)OC(C)C(C)C)[C@H](N)C(=O)O)cc1OC(=O)CCCCC. The average Bonchev–Trinajstić information content (AvgIpc) is 2.88. The minimum Gasteiger partial charge on any atom is -0.480 e. The normalized spacial score (nSPS) is 14.1. The van der Waals surface area contributed by atoms with E-state index >= 15 is 0 Å². The summed E-state index contributed by atoms with van der Waals surface area (Å²) in [6, 6.07) is 3.15. The van der Waals surface area contributed by atoms with Gasteiger partial charge in [0, 0.05) is 18.8 Å². The summed E-state index contributed by atoms with van der Waals surface area (Å²) in [6.45, 7) is 11.2. The molecule has 4 atom stereocenters. The minimum absolute atomic E-state index is 0.00386. The molecule has 0 amide bonds. The molecule has 0 fully saturated rings. The van der Waals surface area contributed by atoms with Gasteiger partial charge in [-0.15, -0.1) is 0 Å². The van der Waals surface area contributed by atoms with E-state index in [1.165, 1.54) is 12.1 Å². The molecule has 0 aliphatic heterocycles. The summed E-state index contributed by atoms with van der Waals surface area (Å²) >= 11 is 0. The Balaban J connectivity index is 3.24. The fourth-order valence-corrected chi connectivity index (χ4v) is 3.85. The average molecular weight is 566 g/mol. The largest absolute Gasteiger partial charge is 0.508 e. The van der Waals surface area contributed by atoms with Gasteiger partial charge in [0.05, 0.1) is 0 Å². The van der Waals surface area contributed by atoms with Gasteiger partial charge in [0.25, 0.3) is 0 Å². The Morgan fingerprint density at radius 1 is 0.825 bits per heavy atom. The minimum atomic E-state index is -1.35. The van der Waals surface area contributed by atoms with Gasteiger partial charge < -0.3 is 29.8 Å². The van der Waals surface area contributed by atoms with Gasteiger partial charge in [-0.2, -0.15) is 0 Å². The first-order valence-corrected chi connectivity index (χ1v) is 14.3. The summed E-state index contributed by atoms with van der Waals surface area (Å²) in [5.74, 6) is -2.87. The third-order valence-corrected chi connectivity index (χ3v) is 6.64. The van der Waals surface area contributed by atoms with Gasteiger partial charge in [0.15, 0.2) is 11.5 Å². The zero-order chi connectivity index (χ0) is 30.2. The predicted molar refractivity (Wildman–Crippen MR) is 150 cm³/mol. The molecule has 0 aromatic heterocycles. The van der Waals surface area contributed by atoms with Crippen molar-refractivity contribution in [2.75, 3.05) is 0 Å². The number of unbranched alkanes of at least 4 members (excludes halogenated alkanes) is 4. The van der Waals surface area contributed by atoms with Crippen molar-refractivity contribution >= 4 is 24.1 Å². The van der Waals surface area contributed by atoms with E-state index in [1.807, 2.05) is 27.7 Å². The van der Waals surface area contributed by atoms with Crippen LogP contribution in [0.15, 0.2) is 18.2 Å². The molecule has 0 aliphatic rings. The lowest BCUT2D eigenvalue weighted by molar-refractivity contribution is -0.139. The third kappa shape index (κ3) is 12.8. The molecule has 226 valence electrons. The van der Waals surface area contributed by atoms with Gasteiger partial charge in [-0.25, -0.2) is 4.79 Å². The first-order chi connectivity index (χ1) is 18.9. The second-order valence-corrected chi connectivity index (χ2v) is 10.5. The first-order valence-electron chi connectivity index (χ1n) is 14.3. The Bertz CT molecular complexity index is 962. The van der Waals surface area contributed by atoms with Crippen molar-refractivity contribution in [3.05, 3.63) is 23.8 Å². The number of nitrogens with two attached hydrogens (primary N) is 1. The maximum Gasteiger partial charge on any atom is 0.508 e. The van der Waals surface area contributed by atoms with Crippen LogP contribution in [0.5, 0.6) is 11.5 Å². The molecule has 0 radical (unpaired) electrons. The van der Waals surface area contributed by atoms with Crippen LogP contribution in [0.3, 0.4) is 0 Å². The topological polar surface area (TPSA) is 151 Å². The Morgan fingerprint density at radius 2 is 1.38 bits per heavy atom. The number of benzene rings is 1. The molecule has 0 saturated heterocycles. The quantitative estimate of drug-likeness (QED) is 0.121. The zero-order valence-electron chi connectivity index (χ0n) is 24.8. The van der Waals surface area contributed by atoms with Crippen LogP contribution in [-0.4, -0.2) is 47.4 Å². The molecule has 3 unspecified atom stereocenters. The lowest BCUT2D eigenvalue weighted by Crippen LogP contribution is -2.38.